The molecule has 0 saturated heterocycles. The van der Waals surface area contributed by atoms with Crippen LogP contribution in [0.4, 0.5) is 5.69 Å². The van der Waals surface area contributed by atoms with E-state index in [1.54, 1.807) is 56.7 Å². The predicted molar refractivity (Wildman–Crippen MR) is 126 cm³/mol. The fourth-order valence-electron chi connectivity index (χ4n) is 2.47. The molecule has 0 spiro atoms. The van der Waals surface area contributed by atoms with Crippen LogP contribution in [-0.4, -0.2) is 57.5 Å². The molecule has 2 rings (SSSR count). The molecule has 2 amide bonds. The number of benzene rings is 2. The number of hydrogen-bond acceptors (Lipinski definition) is 6. The van der Waals surface area contributed by atoms with Crippen LogP contribution < -0.4 is 20.7 Å². The highest BCUT2D eigenvalue weighted by Gasteiger charge is 2.14. The topological polar surface area (TPSA) is 97.9 Å². The summed E-state index contributed by atoms with van der Waals surface area (Å²) < 4.78 is 16.1. The van der Waals surface area contributed by atoms with Gasteiger partial charge in [0.05, 0.1) is 28.9 Å². The minimum Gasteiger partial charge on any atom is -0.490 e. The van der Waals surface area contributed by atoms with E-state index in [1.165, 1.54) is 0 Å². The summed E-state index contributed by atoms with van der Waals surface area (Å²) in [6.45, 7) is 1.64. The number of nitrogens with one attached hydrogen (secondary N) is 3. The second-order valence-electron chi connectivity index (χ2n) is 6.19. The molecule has 0 fully saturated rings. The Kier molecular flexibility index (Phi) is 10.4. The molecule has 0 aliphatic heterocycles. The summed E-state index contributed by atoms with van der Waals surface area (Å²) in [5.74, 6) is -0.0753. The number of methoxy groups -OCH3 is 2. The normalized spacial score (nSPS) is 10.3. The molecule has 10 heteroatoms. The van der Waals surface area contributed by atoms with E-state index in [1.807, 2.05) is 0 Å². The lowest BCUT2D eigenvalue weighted by Crippen LogP contribution is -2.35. The third kappa shape index (κ3) is 7.91. The lowest BCUT2D eigenvalue weighted by Gasteiger charge is -2.14. The van der Waals surface area contributed by atoms with E-state index < -0.39 is 5.91 Å². The van der Waals surface area contributed by atoms with Crippen molar-refractivity contribution in [3.05, 3.63) is 58.1 Å². The zero-order chi connectivity index (χ0) is 22.6. The average molecular weight is 510 g/mol. The highest BCUT2D eigenvalue weighted by molar-refractivity contribution is 9.10. The van der Waals surface area contributed by atoms with E-state index in [4.69, 9.17) is 26.4 Å². The van der Waals surface area contributed by atoms with Crippen LogP contribution in [0, 0.1) is 0 Å². The Balaban J connectivity index is 1.99. The number of ether oxygens (including phenoxy) is 3. The molecule has 0 unspecified atom stereocenters. The van der Waals surface area contributed by atoms with Crippen LogP contribution in [0.15, 0.2) is 46.9 Å². The third-order valence-corrected chi connectivity index (χ3v) is 4.80. The van der Waals surface area contributed by atoms with Crippen molar-refractivity contribution in [2.24, 2.45) is 0 Å². The molecule has 0 bridgehead atoms. The Morgan fingerprint density at radius 3 is 2.45 bits per heavy atom. The maximum atomic E-state index is 12.5. The molecule has 3 N–H and O–H groups in total. The molecule has 8 nitrogen and oxygen atoms in total. The highest BCUT2D eigenvalue weighted by atomic mass is 79.9. The molecule has 2 aromatic carbocycles. The maximum Gasteiger partial charge on any atom is 0.257 e. The second-order valence-corrected chi connectivity index (χ2v) is 7.45. The quantitative estimate of drug-likeness (QED) is 0.334. The second kappa shape index (κ2) is 13.0. The molecular weight excluding hydrogens is 486 g/mol. The maximum absolute atomic E-state index is 12.5. The monoisotopic (exact) mass is 509 g/mol. The Bertz CT molecular complexity index is 926. The molecule has 0 saturated carbocycles. The van der Waals surface area contributed by atoms with E-state index in [9.17, 15) is 9.59 Å². The minimum atomic E-state index is -0.399. The van der Waals surface area contributed by atoms with Crippen molar-refractivity contribution in [1.29, 1.82) is 0 Å². The molecular formula is C21H24BrN3O5S. The van der Waals surface area contributed by atoms with Crippen LogP contribution in [0.1, 0.15) is 20.7 Å². The summed E-state index contributed by atoms with van der Waals surface area (Å²) in [5.41, 5.74) is 1.27. The van der Waals surface area contributed by atoms with Crippen LogP contribution in [0.5, 0.6) is 5.75 Å². The standard InChI is InChI=1S/C21H24BrN3O5S/c1-28-10-9-23-20(27)15-5-3-4-6-17(15)24-21(31)25-19(26)14-7-8-18(16(22)13-14)30-12-11-29-2/h3-8,13H,9-12H2,1-2H3,(H,23,27)(H2,24,25,26,31). The number of rotatable bonds is 10. The molecule has 31 heavy (non-hydrogen) atoms. The zero-order valence-electron chi connectivity index (χ0n) is 17.2. The fraction of sp³-hybridized carbons (Fsp3) is 0.286. The van der Waals surface area contributed by atoms with Crippen molar-refractivity contribution < 1.29 is 23.8 Å². The van der Waals surface area contributed by atoms with Crippen molar-refractivity contribution >= 4 is 50.8 Å². The molecule has 0 heterocycles. The first-order valence-corrected chi connectivity index (χ1v) is 10.6. The summed E-state index contributed by atoms with van der Waals surface area (Å²) in [7, 11) is 3.15. The molecule has 0 aromatic heterocycles. The molecule has 0 aliphatic rings. The summed E-state index contributed by atoms with van der Waals surface area (Å²) in [5, 5.41) is 8.33. The molecule has 0 radical (unpaired) electrons. The van der Waals surface area contributed by atoms with E-state index in [-0.39, 0.29) is 11.0 Å². The van der Waals surface area contributed by atoms with Crippen molar-refractivity contribution in [2.75, 3.05) is 45.9 Å². The van der Waals surface area contributed by atoms with Crippen LogP contribution >= 0.6 is 28.1 Å². The van der Waals surface area contributed by atoms with Gasteiger partial charge in [-0.1, -0.05) is 12.1 Å². The Morgan fingerprint density at radius 2 is 1.74 bits per heavy atom. The van der Waals surface area contributed by atoms with E-state index >= 15 is 0 Å². The lowest BCUT2D eigenvalue weighted by atomic mass is 10.1. The van der Waals surface area contributed by atoms with E-state index in [0.29, 0.717) is 53.4 Å². The predicted octanol–water partition coefficient (Wildman–Crippen LogP) is 2.98. The lowest BCUT2D eigenvalue weighted by molar-refractivity contribution is 0.0936. The van der Waals surface area contributed by atoms with Gasteiger partial charge in [0.2, 0.25) is 0 Å². The van der Waals surface area contributed by atoms with Crippen molar-refractivity contribution in [1.82, 2.24) is 10.6 Å². The molecule has 2 aromatic rings. The van der Waals surface area contributed by atoms with Gasteiger partial charge < -0.3 is 24.8 Å². The zero-order valence-corrected chi connectivity index (χ0v) is 19.6. The van der Waals surface area contributed by atoms with Crippen LogP contribution in [-0.2, 0) is 9.47 Å². The molecule has 0 aliphatic carbocycles. The van der Waals surface area contributed by atoms with Gasteiger partial charge in [0.25, 0.3) is 11.8 Å². The van der Waals surface area contributed by atoms with Gasteiger partial charge in [-0.05, 0) is 58.5 Å². The van der Waals surface area contributed by atoms with Crippen LogP contribution in [0.25, 0.3) is 0 Å². The number of halogens is 1. The van der Waals surface area contributed by atoms with Crippen molar-refractivity contribution in [3.63, 3.8) is 0 Å². The molecule has 0 atom stereocenters. The average Bonchev–Trinajstić information content (AvgIpc) is 2.75. The Labute approximate surface area is 194 Å². The highest BCUT2D eigenvalue weighted by Crippen LogP contribution is 2.26. The summed E-state index contributed by atoms with van der Waals surface area (Å²) in [6, 6.07) is 11.8. The number of thiocarbonyl (C=S) groups is 1. The number of para-hydroxylation sites is 1. The number of amides is 2. The first-order chi connectivity index (χ1) is 15.0. The summed E-state index contributed by atoms with van der Waals surface area (Å²) in [6.07, 6.45) is 0. The summed E-state index contributed by atoms with van der Waals surface area (Å²) >= 11 is 8.64. The van der Waals surface area contributed by atoms with Gasteiger partial charge in [-0.15, -0.1) is 0 Å². The fourth-order valence-corrected chi connectivity index (χ4v) is 3.17. The summed E-state index contributed by atoms with van der Waals surface area (Å²) in [4.78, 5) is 24.9. The van der Waals surface area contributed by atoms with Gasteiger partial charge in [-0.2, -0.15) is 0 Å². The molecule has 166 valence electrons. The van der Waals surface area contributed by atoms with E-state index in [0.717, 1.165) is 0 Å². The van der Waals surface area contributed by atoms with Crippen molar-refractivity contribution in [2.45, 2.75) is 0 Å². The number of anilines is 1. The first-order valence-electron chi connectivity index (χ1n) is 9.36. The van der Waals surface area contributed by atoms with Gasteiger partial charge in [-0.25, -0.2) is 0 Å². The minimum absolute atomic E-state index is 0.0682. The third-order valence-electron chi connectivity index (χ3n) is 3.98. The van der Waals surface area contributed by atoms with E-state index in [2.05, 4.69) is 31.9 Å². The number of carbonyl (C=O) groups is 2. The van der Waals surface area contributed by atoms with Gasteiger partial charge in [0.1, 0.15) is 12.4 Å². The SMILES string of the molecule is COCCNC(=O)c1ccccc1NC(=S)NC(=O)c1ccc(OCCOC)c(Br)c1. The van der Waals surface area contributed by atoms with Crippen LogP contribution in [0.2, 0.25) is 0 Å². The number of carbonyl (C=O) groups excluding carboxylic acids is 2. The van der Waals surface area contributed by atoms with Gasteiger partial charge >= 0.3 is 0 Å². The first kappa shape index (κ1) is 24.7. The van der Waals surface area contributed by atoms with Crippen molar-refractivity contribution in [3.8, 4) is 5.75 Å². The number of hydrogen-bond donors (Lipinski definition) is 3. The largest absolute Gasteiger partial charge is 0.490 e. The van der Waals surface area contributed by atoms with Gasteiger partial charge in [0.15, 0.2) is 5.11 Å². The van der Waals surface area contributed by atoms with Gasteiger partial charge in [-0.3, -0.25) is 14.9 Å². The van der Waals surface area contributed by atoms with Crippen LogP contribution in [0.3, 0.4) is 0 Å². The van der Waals surface area contributed by atoms with Gasteiger partial charge in [0, 0.05) is 26.3 Å². The smallest absolute Gasteiger partial charge is 0.257 e. The Hall–Kier alpha value is -2.53. The Morgan fingerprint density at radius 1 is 1.00 bits per heavy atom.